The molecule has 0 unspecified atom stereocenters. The van der Waals surface area contributed by atoms with Gasteiger partial charge >= 0.3 is 6.09 Å². The van der Waals surface area contributed by atoms with Crippen molar-refractivity contribution < 1.29 is 19.1 Å². The highest BCUT2D eigenvalue weighted by Gasteiger charge is 2.60. The van der Waals surface area contributed by atoms with Crippen molar-refractivity contribution in [3.05, 3.63) is 71.8 Å². The molecule has 0 aliphatic carbocycles. The summed E-state index contributed by atoms with van der Waals surface area (Å²) in [4.78, 5) is 40.2. The van der Waals surface area contributed by atoms with E-state index in [-0.39, 0.29) is 0 Å². The van der Waals surface area contributed by atoms with E-state index in [1.807, 2.05) is 30.3 Å². The average molecular weight is 376 g/mol. The third kappa shape index (κ3) is 2.60. The number of carbonyl (C=O) groups is 3. The molecular formula is C22H20N2O4. The molecule has 2 aliphatic heterocycles. The van der Waals surface area contributed by atoms with Crippen LogP contribution >= 0.6 is 0 Å². The number of amides is 3. The molecule has 1 spiro atoms. The molecule has 0 saturated heterocycles. The second-order valence-electron chi connectivity index (χ2n) is 7.82. The van der Waals surface area contributed by atoms with E-state index < -0.39 is 28.9 Å². The molecular weight excluding hydrogens is 356 g/mol. The number of anilines is 1. The topological polar surface area (TPSA) is 75.7 Å². The Balaban J connectivity index is 1.85. The van der Waals surface area contributed by atoms with E-state index in [0.29, 0.717) is 16.9 Å². The second-order valence-corrected chi connectivity index (χ2v) is 7.82. The Bertz CT molecular complexity index is 1020. The van der Waals surface area contributed by atoms with Crippen LogP contribution in [0, 0.1) is 0 Å². The van der Waals surface area contributed by atoms with Crippen LogP contribution < -0.4 is 10.2 Å². The number of ether oxygens (including phenoxy) is 1. The predicted octanol–water partition coefficient (Wildman–Crippen LogP) is 3.38. The minimum absolute atomic E-state index is 0.363. The summed E-state index contributed by atoms with van der Waals surface area (Å²) in [6.07, 6.45) is 0.812. The molecule has 6 heteroatoms. The Kier molecular flexibility index (Phi) is 3.89. The van der Waals surface area contributed by atoms with E-state index >= 15 is 0 Å². The molecule has 0 bridgehead atoms. The molecule has 2 aromatic carbocycles. The summed E-state index contributed by atoms with van der Waals surface area (Å²) in [6.45, 7) is 5.18. The minimum atomic E-state index is -1.58. The van der Waals surface area contributed by atoms with Gasteiger partial charge in [-0.1, -0.05) is 48.5 Å². The quantitative estimate of drug-likeness (QED) is 0.774. The Labute approximate surface area is 162 Å². The fourth-order valence-corrected chi connectivity index (χ4v) is 3.56. The van der Waals surface area contributed by atoms with Gasteiger partial charge in [-0.25, -0.2) is 9.69 Å². The highest BCUT2D eigenvalue weighted by atomic mass is 16.6. The lowest BCUT2D eigenvalue weighted by Gasteiger charge is -2.24. The first-order chi connectivity index (χ1) is 13.2. The van der Waals surface area contributed by atoms with Crippen LogP contribution in [-0.2, 0) is 19.7 Å². The SMILES string of the molecule is CC(C)(C)OC(=O)N1C(=O)[C@]2(C=C(c3ccccc3)NC2=O)c2ccccc21. The summed E-state index contributed by atoms with van der Waals surface area (Å²) in [5, 5.41) is 2.80. The molecule has 2 aromatic rings. The Hall–Kier alpha value is -3.41. The van der Waals surface area contributed by atoms with E-state index in [0.717, 1.165) is 10.5 Å². The fraction of sp³-hybridized carbons (Fsp3) is 0.227. The molecule has 4 rings (SSSR count). The molecule has 0 aromatic heterocycles. The van der Waals surface area contributed by atoms with Gasteiger partial charge < -0.3 is 10.1 Å². The molecule has 2 aliphatic rings. The summed E-state index contributed by atoms with van der Waals surface area (Å²) >= 11 is 0. The van der Waals surface area contributed by atoms with E-state index in [1.165, 1.54) is 0 Å². The summed E-state index contributed by atoms with van der Waals surface area (Å²) in [7, 11) is 0. The third-order valence-corrected chi connectivity index (χ3v) is 4.74. The smallest absolute Gasteiger partial charge is 0.421 e. The maximum atomic E-state index is 13.4. The van der Waals surface area contributed by atoms with Crippen LogP contribution in [0.1, 0.15) is 31.9 Å². The van der Waals surface area contributed by atoms with Gasteiger partial charge in [0.05, 0.1) is 5.69 Å². The minimum Gasteiger partial charge on any atom is -0.443 e. The van der Waals surface area contributed by atoms with E-state index in [1.54, 1.807) is 51.1 Å². The van der Waals surface area contributed by atoms with Crippen LogP contribution in [0.15, 0.2) is 60.7 Å². The zero-order valence-electron chi connectivity index (χ0n) is 15.9. The number of para-hydroxylation sites is 1. The predicted molar refractivity (Wildman–Crippen MR) is 104 cm³/mol. The lowest BCUT2D eigenvalue weighted by Crippen LogP contribution is -2.48. The van der Waals surface area contributed by atoms with E-state index in [4.69, 9.17) is 4.74 Å². The van der Waals surface area contributed by atoms with Crippen molar-refractivity contribution in [2.24, 2.45) is 0 Å². The van der Waals surface area contributed by atoms with Gasteiger partial charge in [-0.05, 0) is 38.5 Å². The Morgan fingerprint density at radius 2 is 1.64 bits per heavy atom. The number of hydrogen-bond acceptors (Lipinski definition) is 4. The number of carbonyl (C=O) groups excluding carboxylic acids is 3. The van der Waals surface area contributed by atoms with Crippen LogP contribution in [0.4, 0.5) is 10.5 Å². The molecule has 142 valence electrons. The number of imide groups is 1. The van der Waals surface area contributed by atoms with Crippen LogP contribution in [0.25, 0.3) is 5.70 Å². The Morgan fingerprint density at radius 3 is 2.32 bits per heavy atom. The van der Waals surface area contributed by atoms with Gasteiger partial charge in [0, 0.05) is 11.3 Å². The number of nitrogens with zero attached hydrogens (tertiary/aromatic N) is 1. The standard InChI is InChI=1S/C22H20N2O4/c1-21(2,3)28-20(27)24-17-12-8-7-11-15(17)22(19(24)26)13-16(23-18(22)25)14-9-5-4-6-10-14/h4-13H,1-3H3,(H,23,25)/t22-/m1/s1. The van der Waals surface area contributed by atoms with Crippen molar-refractivity contribution >= 4 is 29.3 Å². The first-order valence-corrected chi connectivity index (χ1v) is 9.01. The second kappa shape index (κ2) is 6.05. The van der Waals surface area contributed by atoms with Gasteiger partial charge in [-0.2, -0.15) is 0 Å². The first-order valence-electron chi connectivity index (χ1n) is 9.01. The average Bonchev–Trinajstić information content (AvgIpc) is 3.11. The summed E-state index contributed by atoms with van der Waals surface area (Å²) < 4.78 is 5.41. The van der Waals surface area contributed by atoms with Gasteiger partial charge in [-0.15, -0.1) is 0 Å². The highest BCUT2D eigenvalue weighted by molar-refractivity contribution is 6.32. The van der Waals surface area contributed by atoms with Gasteiger partial charge in [0.1, 0.15) is 5.60 Å². The lowest BCUT2D eigenvalue weighted by molar-refractivity contribution is -0.131. The molecule has 0 fully saturated rings. The van der Waals surface area contributed by atoms with Crippen molar-refractivity contribution in [3.8, 4) is 0 Å². The molecule has 1 N–H and O–H groups in total. The van der Waals surface area contributed by atoms with Gasteiger partial charge in [0.15, 0.2) is 5.41 Å². The van der Waals surface area contributed by atoms with Crippen molar-refractivity contribution in [1.29, 1.82) is 0 Å². The van der Waals surface area contributed by atoms with Crippen molar-refractivity contribution in [2.45, 2.75) is 31.8 Å². The number of fused-ring (bicyclic) bond motifs is 2. The lowest BCUT2D eigenvalue weighted by atomic mass is 9.81. The maximum absolute atomic E-state index is 13.4. The van der Waals surface area contributed by atoms with Crippen molar-refractivity contribution in [3.63, 3.8) is 0 Å². The number of rotatable bonds is 1. The number of benzene rings is 2. The van der Waals surface area contributed by atoms with Crippen molar-refractivity contribution in [2.75, 3.05) is 4.90 Å². The molecule has 0 radical (unpaired) electrons. The molecule has 3 amide bonds. The third-order valence-electron chi connectivity index (χ3n) is 4.74. The van der Waals surface area contributed by atoms with Gasteiger partial charge in [0.2, 0.25) is 5.91 Å². The van der Waals surface area contributed by atoms with Gasteiger partial charge in [0.25, 0.3) is 5.91 Å². The molecule has 0 saturated carbocycles. The van der Waals surface area contributed by atoms with Gasteiger partial charge in [-0.3, -0.25) is 9.59 Å². The fourth-order valence-electron chi connectivity index (χ4n) is 3.56. The van der Waals surface area contributed by atoms with E-state index in [2.05, 4.69) is 5.32 Å². The van der Waals surface area contributed by atoms with E-state index in [9.17, 15) is 14.4 Å². The molecule has 1 atom stereocenters. The summed E-state index contributed by atoms with van der Waals surface area (Å²) in [5.41, 5.74) is -0.200. The number of hydrogen-bond donors (Lipinski definition) is 1. The number of nitrogens with one attached hydrogen (secondary N) is 1. The summed E-state index contributed by atoms with van der Waals surface area (Å²) in [5.74, 6) is -1.11. The normalized spacial score (nSPS) is 20.8. The highest BCUT2D eigenvalue weighted by Crippen LogP contribution is 2.47. The maximum Gasteiger partial charge on any atom is 0.421 e. The Morgan fingerprint density at radius 1 is 1.00 bits per heavy atom. The van der Waals surface area contributed by atoms with Crippen LogP contribution in [0.2, 0.25) is 0 Å². The van der Waals surface area contributed by atoms with Crippen LogP contribution in [-0.4, -0.2) is 23.5 Å². The largest absolute Gasteiger partial charge is 0.443 e. The van der Waals surface area contributed by atoms with Crippen LogP contribution in [0.3, 0.4) is 0 Å². The van der Waals surface area contributed by atoms with Crippen LogP contribution in [0.5, 0.6) is 0 Å². The monoisotopic (exact) mass is 376 g/mol. The summed E-state index contributed by atoms with van der Waals surface area (Å²) in [6, 6.07) is 16.1. The van der Waals surface area contributed by atoms with Crippen molar-refractivity contribution in [1.82, 2.24) is 5.32 Å². The molecule has 6 nitrogen and oxygen atoms in total. The first kappa shape index (κ1) is 18.0. The zero-order valence-corrected chi connectivity index (χ0v) is 15.9. The molecule has 28 heavy (non-hydrogen) atoms. The zero-order chi connectivity index (χ0) is 20.1. The molecule has 2 heterocycles.